The number of nitrogen functional groups attached to an aromatic ring is 1. The predicted molar refractivity (Wildman–Crippen MR) is 122 cm³/mol. The minimum absolute atomic E-state index is 0.122. The smallest absolute Gasteiger partial charge is 0.223 e. The van der Waals surface area contributed by atoms with Crippen molar-refractivity contribution in [3.63, 3.8) is 0 Å². The first-order chi connectivity index (χ1) is 15.1. The van der Waals surface area contributed by atoms with Gasteiger partial charge in [0.25, 0.3) is 0 Å². The summed E-state index contributed by atoms with van der Waals surface area (Å²) < 4.78 is 7.77. The first kappa shape index (κ1) is 21.3. The number of hydrogen-bond acceptors (Lipinski definition) is 5. The largest absolute Gasteiger partial charge is 0.382 e. The fourth-order valence-corrected chi connectivity index (χ4v) is 4.17. The van der Waals surface area contributed by atoms with E-state index in [0.717, 1.165) is 48.4 Å². The Balaban J connectivity index is 1.30. The van der Waals surface area contributed by atoms with Crippen LogP contribution in [-0.4, -0.2) is 33.6 Å². The highest BCUT2D eigenvalue weighted by Crippen LogP contribution is 2.47. The number of nitrogens with one attached hydrogen (secondary N) is 1. The van der Waals surface area contributed by atoms with Crippen molar-refractivity contribution < 1.29 is 9.53 Å². The number of nitrogens with two attached hydrogens (primary N) is 1. The molecule has 164 valence electrons. The van der Waals surface area contributed by atoms with Crippen LogP contribution in [0, 0.1) is 12.8 Å². The minimum atomic E-state index is 0.122. The molecule has 3 N–H and O–H groups in total. The van der Waals surface area contributed by atoms with Crippen LogP contribution in [0.2, 0.25) is 0 Å². The van der Waals surface area contributed by atoms with Gasteiger partial charge in [-0.3, -0.25) is 4.79 Å². The third-order valence-electron chi connectivity index (χ3n) is 5.87. The van der Waals surface area contributed by atoms with Crippen molar-refractivity contribution in [1.82, 2.24) is 19.9 Å². The number of benzene rings is 1. The van der Waals surface area contributed by atoms with E-state index in [2.05, 4.69) is 32.0 Å². The summed E-state index contributed by atoms with van der Waals surface area (Å²) in [7, 11) is 0. The molecule has 0 spiro atoms. The van der Waals surface area contributed by atoms with Crippen LogP contribution >= 0.6 is 0 Å². The molecule has 0 aliphatic heterocycles. The topological polar surface area (TPSA) is 95.1 Å². The molecular weight excluding hydrogens is 390 g/mol. The molecule has 2 aromatic heterocycles. The molecule has 1 aliphatic rings. The number of amides is 1. The van der Waals surface area contributed by atoms with Gasteiger partial charge in [0.05, 0.1) is 5.52 Å². The summed E-state index contributed by atoms with van der Waals surface area (Å²) in [6.07, 6.45) is 2.78. The molecule has 2 atom stereocenters. The van der Waals surface area contributed by atoms with Crippen LogP contribution in [0.3, 0.4) is 0 Å². The first-order valence-electron chi connectivity index (χ1n) is 11.1. The number of rotatable bonds is 10. The summed E-state index contributed by atoms with van der Waals surface area (Å²) in [5, 5.41) is 3.11. The third kappa shape index (κ3) is 4.88. The molecule has 31 heavy (non-hydrogen) atoms. The van der Waals surface area contributed by atoms with Crippen LogP contribution in [0.5, 0.6) is 0 Å². The molecule has 1 fully saturated rings. The average Bonchev–Trinajstić information content (AvgIpc) is 3.50. The van der Waals surface area contributed by atoms with Crippen LogP contribution in [0.15, 0.2) is 36.4 Å². The maximum atomic E-state index is 12.4. The van der Waals surface area contributed by atoms with Gasteiger partial charge in [-0.15, -0.1) is 0 Å². The Hall–Kier alpha value is -2.93. The normalized spacial score (nSPS) is 17.7. The Morgan fingerprint density at radius 2 is 2.06 bits per heavy atom. The Kier molecular flexibility index (Phi) is 6.51. The molecule has 7 nitrogen and oxygen atoms in total. The van der Waals surface area contributed by atoms with E-state index in [-0.39, 0.29) is 11.8 Å². The van der Waals surface area contributed by atoms with E-state index in [1.54, 1.807) is 0 Å². The molecule has 0 bridgehead atoms. The van der Waals surface area contributed by atoms with E-state index < -0.39 is 0 Å². The van der Waals surface area contributed by atoms with Crippen LogP contribution in [0.4, 0.5) is 5.82 Å². The fraction of sp³-hybridized carbons (Fsp3) is 0.458. The molecule has 0 saturated heterocycles. The van der Waals surface area contributed by atoms with Gasteiger partial charge in [-0.2, -0.15) is 0 Å². The second kappa shape index (κ2) is 9.47. The van der Waals surface area contributed by atoms with Crippen molar-refractivity contribution in [1.29, 1.82) is 0 Å². The summed E-state index contributed by atoms with van der Waals surface area (Å²) in [5.74, 6) is 1.99. The van der Waals surface area contributed by atoms with Gasteiger partial charge < -0.3 is 20.4 Å². The second-order valence-electron chi connectivity index (χ2n) is 8.19. The molecule has 1 amide bonds. The number of nitrogens with zero attached hydrogens (tertiary/aromatic N) is 3. The highest BCUT2D eigenvalue weighted by atomic mass is 16.5. The number of hydrogen-bond donors (Lipinski definition) is 2. The van der Waals surface area contributed by atoms with Gasteiger partial charge in [0.15, 0.2) is 5.82 Å². The van der Waals surface area contributed by atoms with Crippen LogP contribution in [-0.2, 0) is 22.7 Å². The zero-order valence-electron chi connectivity index (χ0n) is 18.3. The summed E-state index contributed by atoms with van der Waals surface area (Å²) in [4.78, 5) is 21.4. The number of aryl methyl sites for hydroxylation is 2. The van der Waals surface area contributed by atoms with Crippen molar-refractivity contribution in [2.75, 3.05) is 18.9 Å². The number of fused-ring (bicyclic) bond motifs is 1. The van der Waals surface area contributed by atoms with Crippen molar-refractivity contribution >= 4 is 22.8 Å². The van der Waals surface area contributed by atoms with Crippen molar-refractivity contribution in [2.24, 2.45) is 5.92 Å². The molecular formula is C24H31N5O2. The van der Waals surface area contributed by atoms with Gasteiger partial charge in [-0.05, 0) is 50.7 Å². The molecule has 0 unspecified atom stereocenters. The van der Waals surface area contributed by atoms with Gasteiger partial charge in [-0.25, -0.2) is 9.97 Å². The van der Waals surface area contributed by atoms with Crippen molar-refractivity contribution in [3.8, 4) is 0 Å². The molecule has 7 heteroatoms. The van der Waals surface area contributed by atoms with E-state index in [0.29, 0.717) is 31.5 Å². The van der Waals surface area contributed by atoms with E-state index >= 15 is 0 Å². The van der Waals surface area contributed by atoms with Crippen molar-refractivity contribution in [3.05, 3.63) is 53.5 Å². The Morgan fingerprint density at radius 3 is 2.84 bits per heavy atom. The molecule has 3 aromatic rings. The highest BCUT2D eigenvalue weighted by molar-refractivity contribution is 5.86. The lowest BCUT2D eigenvalue weighted by Gasteiger charge is -2.10. The van der Waals surface area contributed by atoms with E-state index in [4.69, 9.17) is 10.5 Å². The summed E-state index contributed by atoms with van der Waals surface area (Å²) in [6, 6.07) is 12.3. The minimum Gasteiger partial charge on any atom is -0.382 e. The zero-order chi connectivity index (χ0) is 21.8. The molecule has 1 saturated carbocycles. The van der Waals surface area contributed by atoms with Gasteiger partial charge in [0.1, 0.15) is 17.9 Å². The molecule has 1 aromatic carbocycles. The SMILES string of the molecule is CCOCc1nc2c(N)nc(C)cc2n1CCCCNC(=O)[C@@H]1C[C@H]1c1ccccc1. The zero-order valence-corrected chi connectivity index (χ0v) is 18.3. The first-order valence-corrected chi connectivity index (χ1v) is 11.1. The number of carbonyl (C=O) groups is 1. The van der Waals surface area contributed by atoms with E-state index in [1.165, 1.54) is 5.56 Å². The highest BCUT2D eigenvalue weighted by Gasteiger charge is 2.43. The number of unbranched alkanes of at least 4 members (excludes halogenated alkanes) is 1. The standard InChI is InChI=1S/C24H31N5O2/c1-3-31-15-21-28-22-20(13-16(2)27-23(22)25)29(21)12-8-7-11-26-24(30)19-14-18(19)17-9-5-4-6-10-17/h4-6,9-10,13,18-19H,3,7-8,11-12,14-15H2,1-2H3,(H2,25,27)(H,26,30)/t18-,19+/m0/s1. The third-order valence-corrected chi connectivity index (χ3v) is 5.87. The van der Waals surface area contributed by atoms with E-state index in [9.17, 15) is 4.79 Å². The summed E-state index contributed by atoms with van der Waals surface area (Å²) >= 11 is 0. The maximum Gasteiger partial charge on any atom is 0.223 e. The molecule has 4 rings (SSSR count). The van der Waals surface area contributed by atoms with Crippen LogP contribution in [0.1, 0.15) is 49.2 Å². The van der Waals surface area contributed by atoms with Gasteiger partial charge in [0, 0.05) is 31.3 Å². The number of aromatic nitrogens is 3. The monoisotopic (exact) mass is 421 g/mol. The number of ether oxygens (including phenoxy) is 1. The Labute approximate surface area is 183 Å². The lowest BCUT2D eigenvalue weighted by atomic mass is 10.1. The van der Waals surface area contributed by atoms with E-state index in [1.807, 2.05) is 38.1 Å². The second-order valence-corrected chi connectivity index (χ2v) is 8.19. The number of anilines is 1. The lowest BCUT2D eigenvalue weighted by molar-refractivity contribution is -0.122. The van der Waals surface area contributed by atoms with Crippen LogP contribution < -0.4 is 11.1 Å². The summed E-state index contributed by atoms with van der Waals surface area (Å²) in [5.41, 5.74) is 9.95. The van der Waals surface area contributed by atoms with Crippen molar-refractivity contribution in [2.45, 2.75) is 52.2 Å². The summed E-state index contributed by atoms with van der Waals surface area (Å²) in [6.45, 7) is 6.47. The average molecular weight is 422 g/mol. The number of imidazole rings is 1. The Bertz CT molecular complexity index is 1050. The molecule has 1 aliphatic carbocycles. The van der Waals surface area contributed by atoms with Gasteiger partial charge >= 0.3 is 0 Å². The number of pyridine rings is 1. The van der Waals surface area contributed by atoms with Gasteiger partial charge in [0.2, 0.25) is 5.91 Å². The quantitative estimate of drug-likeness (QED) is 0.488. The van der Waals surface area contributed by atoms with Gasteiger partial charge in [-0.1, -0.05) is 30.3 Å². The maximum absolute atomic E-state index is 12.4. The lowest BCUT2D eigenvalue weighted by Crippen LogP contribution is -2.26. The fourth-order valence-electron chi connectivity index (χ4n) is 4.17. The Morgan fingerprint density at radius 1 is 1.26 bits per heavy atom. The number of carbonyl (C=O) groups excluding carboxylic acids is 1. The predicted octanol–water partition coefficient (Wildman–Crippen LogP) is 3.56. The molecule has 2 heterocycles. The molecule has 0 radical (unpaired) electrons. The van der Waals surface area contributed by atoms with Crippen LogP contribution in [0.25, 0.3) is 11.0 Å².